The van der Waals surface area contributed by atoms with E-state index < -0.39 is 0 Å². The molecule has 0 aromatic carbocycles. The van der Waals surface area contributed by atoms with E-state index in [4.69, 9.17) is 11.6 Å². The minimum absolute atomic E-state index is 0.00130. The van der Waals surface area contributed by atoms with Crippen LogP contribution in [-0.4, -0.2) is 32.7 Å². The summed E-state index contributed by atoms with van der Waals surface area (Å²) in [5, 5.41) is 18.6. The van der Waals surface area contributed by atoms with Crippen LogP contribution in [0.3, 0.4) is 0 Å². The van der Waals surface area contributed by atoms with Crippen LogP contribution < -0.4 is 5.32 Å². The Hall–Kier alpha value is -1.73. The van der Waals surface area contributed by atoms with Crippen molar-refractivity contribution in [3.8, 4) is 11.4 Å². The van der Waals surface area contributed by atoms with Crippen molar-refractivity contribution in [3.05, 3.63) is 28.4 Å². The Morgan fingerprint density at radius 2 is 2.44 bits per heavy atom. The first kappa shape index (κ1) is 12.7. The summed E-state index contributed by atoms with van der Waals surface area (Å²) in [6, 6.07) is 1.89. The number of nitrogens with one attached hydrogen (secondary N) is 1. The molecule has 1 amide bonds. The Balaban J connectivity index is 1.95. The van der Waals surface area contributed by atoms with Crippen molar-refractivity contribution in [2.24, 2.45) is 0 Å². The Morgan fingerprint density at radius 1 is 1.61 bits per heavy atom. The molecule has 6 nitrogen and oxygen atoms in total. The van der Waals surface area contributed by atoms with E-state index >= 15 is 0 Å². The van der Waals surface area contributed by atoms with Crippen LogP contribution in [0.2, 0.25) is 0 Å². The van der Waals surface area contributed by atoms with Crippen LogP contribution >= 0.6 is 22.9 Å². The molecule has 0 saturated heterocycles. The lowest BCUT2D eigenvalue weighted by Crippen LogP contribution is -2.29. The zero-order valence-corrected chi connectivity index (χ0v) is 10.9. The second-order valence-electron chi connectivity index (χ2n) is 3.45. The molecular formula is C10H10ClN5OS. The van der Waals surface area contributed by atoms with Crippen LogP contribution in [0.5, 0.6) is 0 Å². The maximum atomic E-state index is 11.5. The van der Waals surface area contributed by atoms with Gasteiger partial charge in [0.25, 0.3) is 0 Å². The Labute approximate surface area is 112 Å². The molecule has 0 fully saturated rings. The van der Waals surface area contributed by atoms with E-state index in [2.05, 4.69) is 27.3 Å². The number of thiophene rings is 1. The van der Waals surface area contributed by atoms with Gasteiger partial charge in [0.05, 0.1) is 6.54 Å². The van der Waals surface area contributed by atoms with Crippen molar-refractivity contribution >= 4 is 28.8 Å². The van der Waals surface area contributed by atoms with E-state index in [0.29, 0.717) is 10.9 Å². The van der Waals surface area contributed by atoms with E-state index in [9.17, 15) is 4.79 Å². The van der Waals surface area contributed by atoms with Gasteiger partial charge in [-0.3, -0.25) is 4.79 Å². The number of carbonyl (C=O) groups excluding carboxylic acids is 1. The topological polar surface area (TPSA) is 72.7 Å². The van der Waals surface area contributed by atoms with Crippen molar-refractivity contribution in [1.29, 1.82) is 0 Å². The predicted octanol–water partition coefficient (Wildman–Crippen LogP) is 1.27. The number of rotatable bonds is 5. The molecule has 1 N–H and O–H groups in total. The lowest BCUT2D eigenvalue weighted by Gasteiger charge is -2.01. The van der Waals surface area contributed by atoms with Crippen molar-refractivity contribution in [1.82, 2.24) is 25.5 Å². The molecular weight excluding hydrogens is 274 g/mol. The SMILES string of the molecule is C=C(Cl)CNC(=O)Cn1nnc(-c2ccsc2)n1. The van der Waals surface area contributed by atoms with Crippen LogP contribution in [0, 0.1) is 0 Å². The normalized spacial score (nSPS) is 10.3. The number of hydrogen-bond acceptors (Lipinski definition) is 5. The summed E-state index contributed by atoms with van der Waals surface area (Å²) in [6.07, 6.45) is 0. The summed E-state index contributed by atoms with van der Waals surface area (Å²) in [7, 11) is 0. The quantitative estimate of drug-likeness (QED) is 0.897. The third kappa shape index (κ3) is 3.38. The number of nitrogens with zero attached hydrogens (tertiary/aromatic N) is 4. The van der Waals surface area contributed by atoms with E-state index in [1.165, 1.54) is 4.80 Å². The molecule has 18 heavy (non-hydrogen) atoms. The zero-order chi connectivity index (χ0) is 13.0. The van der Waals surface area contributed by atoms with Crippen molar-refractivity contribution in [2.45, 2.75) is 6.54 Å². The van der Waals surface area contributed by atoms with Crippen molar-refractivity contribution in [3.63, 3.8) is 0 Å². The fraction of sp³-hybridized carbons (Fsp3) is 0.200. The molecule has 0 spiro atoms. The standard InChI is InChI=1S/C10H10ClN5OS/c1-7(11)4-12-9(17)5-16-14-10(13-15-16)8-2-3-18-6-8/h2-3,6H,1,4-5H2,(H,12,17). The Morgan fingerprint density at radius 3 is 3.11 bits per heavy atom. The second kappa shape index (κ2) is 5.74. The molecule has 0 aliphatic carbocycles. The maximum Gasteiger partial charge on any atom is 0.243 e. The number of carbonyl (C=O) groups is 1. The molecule has 0 radical (unpaired) electrons. The Kier molecular flexibility index (Phi) is 4.06. The number of tetrazole rings is 1. The molecule has 2 aromatic rings. The molecule has 0 unspecified atom stereocenters. The monoisotopic (exact) mass is 283 g/mol. The van der Waals surface area contributed by atoms with Gasteiger partial charge >= 0.3 is 0 Å². The highest BCUT2D eigenvalue weighted by atomic mass is 35.5. The molecule has 0 aliphatic rings. The van der Waals surface area contributed by atoms with Gasteiger partial charge in [0.1, 0.15) is 6.54 Å². The average molecular weight is 284 g/mol. The molecule has 0 aliphatic heterocycles. The van der Waals surface area contributed by atoms with Crippen LogP contribution in [0.15, 0.2) is 28.4 Å². The van der Waals surface area contributed by atoms with Gasteiger partial charge in [0.15, 0.2) is 0 Å². The highest BCUT2D eigenvalue weighted by Gasteiger charge is 2.09. The van der Waals surface area contributed by atoms with E-state index in [1.54, 1.807) is 11.3 Å². The lowest BCUT2D eigenvalue weighted by molar-refractivity contribution is -0.121. The molecule has 0 atom stereocenters. The summed E-state index contributed by atoms with van der Waals surface area (Å²) < 4.78 is 0. The molecule has 2 aromatic heterocycles. The molecule has 8 heteroatoms. The van der Waals surface area contributed by atoms with E-state index in [1.807, 2.05) is 16.8 Å². The van der Waals surface area contributed by atoms with Gasteiger partial charge in [-0.15, -0.1) is 10.2 Å². The van der Waals surface area contributed by atoms with Crippen LogP contribution in [0.1, 0.15) is 0 Å². The highest BCUT2D eigenvalue weighted by molar-refractivity contribution is 7.08. The van der Waals surface area contributed by atoms with Gasteiger partial charge in [-0.05, 0) is 16.7 Å². The average Bonchev–Trinajstić information content (AvgIpc) is 2.95. The fourth-order valence-electron chi connectivity index (χ4n) is 1.20. The van der Waals surface area contributed by atoms with Crippen LogP contribution in [0.25, 0.3) is 11.4 Å². The molecule has 2 heterocycles. The minimum Gasteiger partial charge on any atom is -0.349 e. The third-order valence-corrected chi connectivity index (χ3v) is 2.81. The van der Waals surface area contributed by atoms with E-state index in [0.717, 1.165) is 5.56 Å². The van der Waals surface area contributed by atoms with Gasteiger partial charge in [0, 0.05) is 16.0 Å². The molecule has 94 valence electrons. The fourth-order valence-corrected chi connectivity index (χ4v) is 1.90. The predicted molar refractivity (Wildman–Crippen MR) is 69.1 cm³/mol. The summed E-state index contributed by atoms with van der Waals surface area (Å²) in [5.41, 5.74) is 0.890. The molecule has 2 rings (SSSR count). The number of amides is 1. The van der Waals surface area contributed by atoms with Gasteiger partial charge in [-0.25, -0.2) is 0 Å². The highest BCUT2D eigenvalue weighted by Crippen LogP contribution is 2.16. The molecule has 0 saturated carbocycles. The van der Waals surface area contributed by atoms with Crippen molar-refractivity contribution < 1.29 is 4.79 Å². The van der Waals surface area contributed by atoms with Crippen LogP contribution in [-0.2, 0) is 11.3 Å². The first-order valence-electron chi connectivity index (χ1n) is 5.05. The number of halogens is 1. The van der Waals surface area contributed by atoms with Gasteiger partial charge in [0.2, 0.25) is 11.7 Å². The van der Waals surface area contributed by atoms with Gasteiger partial charge in [-0.2, -0.15) is 16.1 Å². The smallest absolute Gasteiger partial charge is 0.243 e. The third-order valence-electron chi connectivity index (χ3n) is 1.99. The minimum atomic E-state index is -0.244. The first-order chi connectivity index (χ1) is 8.65. The summed E-state index contributed by atoms with van der Waals surface area (Å²) in [5.74, 6) is 0.261. The van der Waals surface area contributed by atoms with Gasteiger partial charge in [-0.1, -0.05) is 18.2 Å². The lowest BCUT2D eigenvalue weighted by atomic mass is 10.3. The summed E-state index contributed by atoms with van der Waals surface area (Å²) in [6.45, 7) is 3.70. The number of hydrogen-bond donors (Lipinski definition) is 1. The summed E-state index contributed by atoms with van der Waals surface area (Å²) >= 11 is 7.09. The first-order valence-corrected chi connectivity index (χ1v) is 6.37. The van der Waals surface area contributed by atoms with Gasteiger partial charge < -0.3 is 5.32 Å². The zero-order valence-electron chi connectivity index (χ0n) is 9.34. The summed E-state index contributed by atoms with van der Waals surface area (Å²) in [4.78, 5) is 12.7. The second-order valence-corrected chi connectivity index (χ2v) is 4.76. The Bertz CT molecular complexity index is 550. The largest absolute Gasteiger partial charge is 0.349 e. The molecule has 0 bridgehead atoms. The van der Waals surface area contributed by atoms with Crippen LogP contribution in [0.4, 0.5) is 0 Å². The van der Waals surface area contributed by atoms with Crippen molar-refractivity contribution in [2.75, 3.05) is 6.54 Å². The maximum absolute atomic E-state index is 11.5. The number of aromatic nitrogens is 4. The van der Waals surface area contributed by atoms with E-state index in [-0.39, 0.29) is 19.0 Å².